The van der Waals surface area contributed by atoms with E-state index in [1.165, 1.54) is 16.1 Å². The molecule has 1 aromatic heterocycles. The molecule has 152 valence electrons. The van der Waals surface area contributed by atoms with Crippen LogP contribution in [0.3, 0.4) is 0 Å². The first-order chi connectivity index (χ1) is 13.4. The Balaban J connectivity index is 2.44. The maximum Gasteiger partial charge on any atom is 0.243 e. The van der Waals surface area contributed by atoms with Crippen molar-refractivity contribution in [3.63, 3.8) is 0 Å². The van der Waals surface area contributed by atoms with Crippen molar-refractivity contribution in [1.82, 2.24) is 24.4 Å². The molecule has 0 unspecified atom stereocenters. The van der Waals surface area contributed by atoms with Crippen molar-refractivity contribution in [2.75, 3.05) is 25.9 Å². The van der Waals surface area contributed by atoms with Gasteiger partial charge in [0.25, 0.3) is 0 Å². The molecule has 0 aliphatic heterocycles. The van der Waals surface area contributed by atoms with Gasteiger partial charge in [-0.1, -0.05) is 43.8 Å². The number of thioether (sulfide) groups is 1. The molecule has 2 aromatic rings. The van der Waals surface area contributed by atoms with Crippen LogP contribution in [0.4, 0.5) is 0 Å². The zero-order valence-corrected chi connectivity index (χ0v) is 17.9. The van der Waals surface area contributed by atoms with Gasteiger partial charge in [0.1, 0.15) is 0 Å². The SMILES string of the molecule is C=CCn1c(SCC(=O)NC)nnc1-c1cccc(S(=O)(=O)N(CC)CC)c1. The second-order valence-electron chi connectivity index (χ2n) is 5.78. The largest absolute Gasteiger partial charge is 0.358 e. The number of hydrogen-bond donors (Lipinski definition) is 1. The van der Waals surface area contributed by atoms with Crippen LogP contribution >= 0.6 is 11.8 Å². The minimum atomic E-state index is -3.58. The van der Waals surface area contributed by atoms with Gasteiger partial charge in [-0.25, -0.2) is 8.42 Å². The minimum absolute atomic E-state index is 0.119. The Morgan fingerprint density at radius 2 is 2.04 bits per heavy atom. The van der Waals surface area contributed by atoms with E-state index in [9.17, 15) is 13.2 Å². The van der Waals surface area contributed by atoms with E-state index in [1.54, 1.807) is 37.4 Å². The van der Waals surface area contributed by atoms with E-state index in [0.717, 1.165) is 0 Å². The average molecular weight is 424 g/mol. The van der Waals surface area contributed by atoms with Crippen LogP contribution in [0.5, 0.6) is 0 Å². The van der Waals surface area contributed by atoms with E-state index in [1.807, 2.05) is 18.4 Å². The Morgan fingerprint density at radius 1 is 1.32 bits per heavy atom. The number of benzene rings is 1. The number of sulfonamides is 1. The molecule has 8 nitrogen and oxygen atoms in total. The highest BCUT2D eigenvalue weighted by molar-refractivity contribution is 7.99. The molecule has 1 N–H and O–H groups in total. The Bertz CT molecular complexity index is 936. The summed E-state index contributed by atoms with van der Waals surface area (Å²) in [6.45, 7) is 8.61. The third-order valence-corrected chi connectivity index (χ3v) is 7.09. The minimum Gasteiger partial charge on any atom is -0.358 e. The third kappa shape index (κ3) is 4.81. The van der Waals surface area contributed by atoms with Crippen molar-refractivity contribution in [3.8, 4) is 11.4 Å². The van der Waals surface area contributed by atoms with Gasteiger partial charge in [-0.2, -0.15) is 4.31 Å². The number of rotatable bonds is 10. The third-order valence-electron chi connectivity index (χ3n) is 4.08. The summed E-state index contributed by atoms with van der Waals surface area (Å²) in [5.41, 5.74) is 0.634. The van der Waals surface area contributed by atoms with Crippen LogP contribution in [0.25, 0.3) is 11.4 Å². The molecule has 0 bridgehead atoms. The number of carbonyl (C=O) groups excluding carboxylic acids is 1. The van der Waals surface area contributed by atoms with Gasteiger partial charge >= 0.3 is 0 Å². The van der Waals surface area contributed by atoms with E-state index in [2.05, 4.69) is 22.1 Å². The van der Waals surface area contributed by atoms with Gasteiger partial charge in [-0.05, 0) is 12.1 Å². The van der Waals surface area contributed by atoms with Gasteiger partial charge in [0, 0.05) is 32.2 Å². The molecule has 0 radical (unpaired) electrons. The fraction of sp³-hybridized carbons (Fsp3) is 0.389. The Hall–Kier alpha value is -2.17. The molecule has 0 fully saturated rings. The summed E-state index contributed by atoms with van der Waals surface area (Å²) in [5.74, 6) is 0.616. The lowest BCUT2D eigenvalue weighted by Crippen LogP contribution is -2.30. The molecule has 0 atom stereocenters. The topological polar surface area (TPSA) is 97.2 Å². The van der Waals surface area contributed by atoms with Crippen LogP contribution in [0.2, 0.25) is 0 Å². The van der Waals surface area contributed by atoms with E-state index >= 15 is 0 Å². The highest BCUT2D eigenvalue weighted by Crippen LogP contribution is 2.27. The van der Waals surface area contributed by atoms with Crippen LogP contribution in [-0.4, -0.2) is 59.3 Å². The molecule has 1 amide bonds. The van der Waals surface area contributed by atoms with Crippen LogP contribution in [0.15, 0.2) is 47.0 Å². The number of aromatic nitrogens is 3. The predicted molar refractivity (Wildman–Crippen MR) is 111 cm³/mol. The number of nitrogens with one attached hydrogen (secondary N) is 1. The standard InChI is InChI=1S/C18H25N5O3S2/c1-5-11-23-17(20-21-18(23)27-13-16(24)19-4)14-9-8-10-15(12-14)28(25,26)22(6-2)7-3/h5,8-10,12H,1,6-7,11,13H2,2-4H3,(H,19,24). The average Bonchev–Trinajstić information content (AvgIpc) is 3.10. The summed E-state index contributed by atoms with van der Waals surface area (Å²) in [5, 5.41) is 11.5. The van der Waals surface area contributed by atoms with Gasteiger partial charge in [-0.3, -0.25) is 9.36 Å². The summed E-state index contributed by atoms with van der Waals surface area (Å²) in [7, 11) is -2.00. The lowest BCUT2D eigenvalue weighted by molar-refractivity contribution is -0.118. The summed E-state index contributed by atoms with van der Waals surface area (Å²) in [4.78, 5) is 11.7. The maximum absolute atomic E-state index is 12.8. The van der Waals surface area contributed by atoms with E-state index < -0.39 is 10.0 Å². The van der Waals surface area contributed by atoms with Crippen LogP contribution < -0.4 is 5.32 Å². The molecule has 28 heavy (non-hydrogen) atoms. The number of allylic oxidation sites excluding steroid dienone is 1. The van der Waals surface area contributed by atoms with Crippen molar-refractivity contribution in [1.29, 1.82) is 0 Å². The second kappa shape index (κ2) is 9.85. The van der Waals surface area contributed by atoms with Crippen molar-refractivity contribution in [2.45, 2.75) is 30.4 Å². The quantitative estimate of drug-likeness (QED) is 0.464. The number of carbonyl (C=O) groups is 1. The molecule has 0 aliphatic carbocycles. The van der Waals surface area contributed by atoms with E-state index in [4.69, 9.17) is 0 Å². The molecular weight excluding hydrogens is 398 g/mol. The van der Waals surface area contributed by atoms with Crippen molar-refractivity contribution in [3.05, 3.63) is 36.9 Å². The molecule has 1 heterocycles. The first kappa shape index (κ1) is 22.1. The molecule has 0 aliphatic rings. The summed E-state index contributed by atoms with van der Waals surface area (Å²) in [6, 6.07) is 6.66. The molecule has 1 aromatic carbocycles. The van der Waals surface area contributed by atoms with Gasteiger partial charge in [-0.15, -0.1) is 16.8 Å². The maximum atomic E-state index is 12.8. The fourth-order valence-corrected chi connectivity index (χ4v) is 4.94. The summed E-state index contributed by atoms with van der Waals surface area (Å²) < 4.78 is 28.9. The molecule has 0 saturated carbocycles. The predicted octanol–water partition coefficient (Wildman–Crippen LogP) is 2.00. The monoisotopic (exact) mass is 423 g/mol. The van der Waals surface area contributed by atoms with Crippen molar-refractivity contribution >= 4 is 27.7 Å². The zero-order valence-electron chi connectivity index (χ0n) is 16.3. The van der Waals surface area contributed by atoms with Gasteiger partial charge in [0.2, 0.25) is 15.9 Å². The summed E-state index contributed by atoms with van der Waals surface area (Å²) in [6.07, 6.45) is 1.70. The Kier molecular flexibility index (Phi) is 7.78. The van der Waals surface area contributed by atoms with Crippen molar-refractivity contribution in [2.24, 2.45) is 0 Å². The van der Waals surface area contributed by atoms with Gasteiger partial charge < -0.3 is 5.32 Å². The molecule has 0 spiro atoms. The normalized spacial score (nSPS) is 11.6. The number of amides is 1. The first-order valence-corrected chi connectivity index (χ1v) is 11.3. The molecule has 0 saturated heterocycles. The molecule has 10 heteroatoms. The first-order valence-electron chi connectivity index (χ1n) is 8.87. The molecular formula is C18H25N5O3S2. The lowest BCUT2D eigenvalue weighted by Gasteiger charge is -2.18. The van der Waals surface area contributed by atoms with Crippen molar-refractivity contribution < 1.29 is 13.2 Å². The summed E-state index contributed by atoms with van der Waals surface area (Å²) >= 11 is 1.26. The second-order valence-corrected chi connectivity index (χ2v) is 8.66. The highest BCUT2D eigenvalue weighted by Gasteiger charge is 2.23. The van der Waals surface area contributed by atoms with Gasteiger partial charge in [0.15, 0.2) is 11.0 Å². The van der Waals surface area contributed by atoms with Gasteiger partial charge in [0.05, 0.1) is 10.6 Å². The molecule has 2 rings (SSSR count). The number of nitrogens with zero attached hydrogens (tertiary/aromatic N) is 4. The smallest absolute Gasteiger partial charge is 0.243 e. The van der Waals surface area contributed by atoms with E-state index in [-0.39, 0.29) is 16.6 Å². The van der Waals surface area contributed by atoms with E-state index in [0.29, 0.717) is 36.2 Å². The van der Waals surface area contributed by atoms with Crippen LogP contribution in [-0.2, 0) is 21.4 Å². The Morgan fingerprint density at radius 3 is 2.64 bits per heavy atom. The Labute approximate surface area is 170 Å². The highest BCUT2D eigenvalue weighted by atomic mass is 32.2. The lowest BCUT2D eigenvalue weighted by atomic mass is 10.2. The fourth-order valence-electron chi connectivity index (χ4n) is 2.61. The zero-order chi connectivity index (χ0) is 20.7. The number of hydrogen-bond acceptors (Lipinski definition) is 6. The van der Waals surface area contributed by atoms with Crippen LogP contribution in [0, 0.1) is 0 Å². The van der Waals surface area contributed by atoms with Crippen LogP contribution in [0.1, 0.15) is 13.8 Å².